The number of amides is 1. The molecule has 3 unspecified atom stereocenters. The first-order valence-electron chi connectivity index (χ1n) is 24.7. The van der Waals surface area contributed by atoms with Gasteiger partial charge < -0.3 is 28.8 Å². The van der Waals surface area contributed by atoms with E-state index in [4.69, 9.17) is 9.05 Å². The van der Waals surface area contributed by atoms with Crippen LogP contribution in [0.1, 0.15) is 206 Å². The molecule has 9 heteroatoms. The van der Waals surface area contributed by atoms with Crippen molar-refractivity contribution in [3.63, 3.8) is 0 Å². The fourth-order valence-corrected chi connectivity index (χ4v) is 7.47. The van der Waals surface area contributed by atoms with Crippen LogP contribution in [0, 0.1) is 0 Å². The molecule has 0 radical (unpaired) electrons. The lowest BCUT2D eigenvalue weighted by molar-refractivity contribution is -0.870. The predicted octanol–water partition coefficient (Wildman–Crippen LogP) is 13.6. The molecule has 0 aromatic heterocycles. The van der Waals surface area contributed by atoms with Crippen molar-refractivity contribution in [1.29, 1.82) is 0 Å². The second kappa shape index (κ2) is 42.5. The summed E-state index contributed by atoms with van der Waals surface area (Å²) in [6, 6.07) is -0.912. The third-order valence-corrected chi connectivity index (χ3v) is 11.6. The number of hydrogen-bond acceptors (Lipinski definition) is 6. The summed E-state index contributed by atoms with van der Waals surface area (Å²) >= 11 is 0. The van der Waals surface area contributed by atoms with E-state index in [2.05, 4.69) is 67.8 Å². The van der Waals surface area contributed by atoms with Crippen molar-refractivity contribution in [2.75, 3.05) is 40.9 Å². The summed E-state index contributed by atoms with van der Waals surface area (Å²) in [4.78, 5) is 25.4. The Morgan fingerprint density at radius 2 is 0.983 bits per heavy atom. The molecule has 0 spiro atoms. The number of allylic oxidation sites excluding steroid dienone is 9. The van der Waals surface area contributed by atoms with E-state index < -0.39 is 26.6 Å². The highest BCUT2D eigenvalue weighted by atomic mass is 31.2. The third kappa shape index (κ3) is 44.3. The van der Waals surface area contributed by atoms with Crippen LogP contribution >= 0.6 is 7.82 Å². The Morgan fingerprint density at radius 1 is 0.583 bits per heavy atom. The van der Waals surface area contributed by atoms with E-state index in [0.29, 0.717) is 17.4 Å². The zero-order valence-electron chi connectivity index (χ0n) is 39.6. The minimum atomic E-state index is -4.60. The second-order valence-corrected chi connectivity index (χ2v) is 19.2. The first-order valence-corrected chi connectivity index (χ1v) is 26.1. The maximum absolute atomic E-state index is 12.9. The molecule has 2 N–H and O–H groups in total. The van der Waals surface area contributed by atoms with Crippen LogP contribution in [-0.4, -0.2) is 68.5 Å². The van der Waals surface area contributed by atoms with E-state index in [0.717, 1.165) is 51.4 Å². The van der Waals surface area contributed by atoms with Crippen LogP contribution in [0.5, 0.6) is 0 Å². The largest absolute Gasteiger partial charge is 0.756 e. The Hall–Kier alpha value is -1.80. The molecule has 0 aromatic rings. The van der Waals surface area contributed by atoms with E-state index in [1.807, 2.05) is 27.2 Å². The molecular formula is C51H95N2O6P. The number of carbonyl (C=O) groups is 1. The summed E-state index contributed by atoms with van der Waals surface area (Å²) < 4.78 is 23.2. The van der Waals surface area contributed by atoms with Crippen molar-refractivity contribution >= 4 is 13.7 Å². The number of likely N-dealkylation sites (N-methyl/N-ethyl adjacent to an activating group) is 1. The Labute approximate surface area is 371 Å². The molecular weight excluding hydrogens is 768 g/mol. The van der Waals surface area contributed by atoms with Gasteiger partial charge in [-0.05, 0) is 77.0 Å². The van der Waals surface area contributed by atoms with Gasteiger partial charge in [0, 0.05) is 6.42 Å². The van der Waals surface area contributed by atoms with Crippen molar-refractivity contribution in [3.05, 3.63) is 60.8 Å². The van der Waals surface area contributed by atoms with Crippen molar-refractivity contribution in [2.45, 2.75) is 219 Å². The highest BCUT2D eigenvalue weighted by Gasteiger charge is 2.23. The number of phosphoric acid groups is 1. The Balaban J connectivity index is 4.35. The van der Waals surface area contributed by atoms with E-state index >= 15 is 0 Å². The number of nitrogens with zero attached hydrogens (tertiary/aromatic N) is 1. The normalized spacial score (nSPS) is 14.7. The number of carbonyl (C=O) groups excluding carboxylic acids is 1. The molecule has 350 valence electrons. The molecule has 0 aliphatic rings. The summed E-state index contributed by atoms with van der Waals surface area (Å²) in [6.07, 6.45) is 55.6. The zero-order valence-corrected chi connectivity index (χ0v) is 40.5. The molecule has 3 atom stereocenters. The molecule has 1 amide bonds. The van der Waals surface area contributed by atoms with Crippen LogP contribution in [0.3, 0.4) is 0 Å². The fourth-order valence-electron chi connectivity index (χ4n) is 6.74. The van der Waals surface area contributed by atoms with Gasteiger partial charge >= 0.3 is 0 Å². The van der Waals surface area contributed by atoms with Gasteiger partial charge in [0.1, 0.15) is 13.2 Å². The van der Waals surface area contributed by atoms with Gasteiger partial charge in [0.25, 0.3) is 7.82 Å². The number of phosphoric ester groups is 1. The lowest BCUT2D eigenvalue weighted by Gasteiger charge is -2.29. The van der Waals surface area contributed by atoms with E-state index in [1.165, 1.54) is 135 Å². The van der Waals surface area contributed by atoms with E-state index in [9.17, 15) is 19.4 Å². The molecule has 0 saturated heterocycles. The Kier molecular flexibility index (Phi) is 41.2. The van der Waals surface area contributed by atoms with E-state index in [-0.39, 0.29) is 12.5 Å². The number of quaternary nitrogens is 1. The summed E-state index contributed by atoms with van der Waals surface area (Å²) in [5, 5.41) is 13.8. The average Bonchev–Trinajstić information content (AvgIpc) is 3.20. The molecule has 0 aliphatic carbocycles. The summed E-state index contributed by atoms with van der Waals surface area (Å²) in [5.41, 5.74) is 0. The van der Waals surface area contributed by atoms with Crippen molar-refractivity contribution in [1.82, 2.24) is 5.32 Å². The number of nitrogens with one attached hydrogen (secondary N) is 1. The first kappa shape index (κ1) is 58.2. The average molecular weight is 863 g/mol. The van der Waals surface area contributed by atoms with Gasteiger partial charge in [-0.15, -0.1) is 0 Å². The van der Waals surface area contributed by atoms with Crippen molar-refractivity contribution in [2.24, 2.45) is 0 Å². The van der Waals surface area contributed by atoms with Gasteiger partial charge in [-0.25, -0.2) is 0 Å². The Morgan fingerprint density at radius 3 is 1.45 bits per heavy atom. The molecule has 0 bridgehead atoms. The monoisotopic (exact) mass is 863 g/mol. The zero-order chi connectivity index (χ0) is 44.3. The van der Waals surface area contributed by atoms with Crippen molar-refractivity contribution in [3.8, 4) is 0 Å². The highest BCUT2D eigenvalue weighted by molar-refractivity contribution is 7.45. The molecule has 60 heavy (non-hydrogen) atoms. The maximum atomic E-state index is 12.9. The Bertz CT molecular complexity index is 1160. The predicted molar refractivity (Wildman–Crippen MR) is 256 cm³/mol. The standard InChI is InChI=1S/C51H95N2O6P/c1-6-8-10-12-14-16-18-20-22-23-24-25-26-27-28-29-31-33-35-37-39-41-43-45-51(55)52-49(48-59-60(56,57)58-47-46-53(3,4)5)50(54)44-42-40-38-36-34-32-30-21-19-17-15-13-11-9-7-2/h18-21,23-24,34,36,42,44,49-50,54H,6-17,22,25-33,35,37-41,43,45-48H2,1-5H3,(H-,52,55,56,57)/b20-18-,21-19+,24-23-,36-34+,44-42+. The number of aliphatic hydroxyl groups is 1. The number of aliphatic hydroxyl groups excluding tert-OH is 1. The maximum Gasteiger partial charge on any atom is 0.268 e. The van der Waals surface area contributed by atoms with Crippen LogP contribution < -0.4 is 10.2 Å². The van der Waals surface area contributed by atoms with Gasteiger partial charge in [-0.1, -0.05) is 184 Å². The lowest BCUT2D eigenvalue weighted by atomic mass is 10.0. The highest BCUT2D eigenvalue weighted by Crippen LogP contribution is 2.38. The van der Waals surface area contributed by atoms with Gasteiger partial charge in [0.2, 0.25) is 5.91 Å². The molecule has 8 nitrogen and oxygen atoms in total. The quantitative estimate of drug-likeness (QED) is 0.0273. The van der Waals surface area contributed by atoms with Crippen LogP contribution in [0.2, 0.25) is 0 Å². The molecule has 0 heterocycles. The van der Waals surface area contributed by atoms with Crippen LogP contribution in [-0.2, 0) is 18.4 Å². The SMILES string of the molecule is CCCCCCC/C=C\C/C=C\CCCCCCCCCCCCCC(=O)NC(COP(=O)([O-])OCC[N+](C)(C)C)C(O)/C=C/CC/C=C/CC/C=C/CCCCCCC. The second-order valence-electron chi connectivity index (χ2n) is 17.8. The van der Waals surface area contributed by atoms with Gasteiger partial charge in [0.05, 0.1) is 39.9 Å². The van der Waals surface area contributed by atoms with Gasteiger partial charge in [-0.3, -0.25) is 9.36 Å². The summed E-state index contributed by atoms with van der Waals surface area (Å²) in [7, 11) is 1.23. The molecule has 0 aromatic carbocycles. The molecule has 0 fully saturated rings. The smallest absolute Gasteiger partial charge is 0.268 e. The van der Waals surface area contributed by atoms with Gasteiger partial charge in [0.15, 0.2) is 0 Å². The summed E-state index contributed by atoms with van der Waals surface area (Å²) in [6.45, 7) is 4.59. The number of hydrogen-bond donors (Lipinski definition) is 2. The fraction of sp³-hybridized carbons (Fsp3) is 0.784. The van der Waals surface area contributed by atoms with Crippen LogP contribution in [0.15, 0.2) is 60.8 Å². The first-order chi connectivity index (χ1) is 29.0. The van der Waals surface area contributed by atoms with Gasteiger partial charge in [-0.2, -0.15) is 0 Å². The lowest BCUT2D eigenvalue weighted by Crippen LogP contribution is -2.45. The molecule has 0 aliphatic heterocycles. The topological polar surface area (TPSA) is 108 Å². The summed E-state index contributed by atoms with van der Waals surface area (Å²) in [5.74, 6) is -0.216. The minimum Gasteiger partial charge on any atom is -0.756 e. The van der Waals surface area contributed by atoms with E-state index in [1.54, 1.807) is 6.08 Å². The molecule has 0 saturated carbocycles. The minimum absolute atomic E-state index is 0.0112. The van der Waals surface area contributed by atoms with Crippen LogP contribution in [0.25, 0.3) is 0 Å². The number of unbranched alkanes of at least 4 members (excludes halogenated alkanes) is 23. The van der Waals surface area contributed by atoms with Crippen molar-refractivity contribution < 1.29 is 32.9 Å². The van der Waals surface area contributed by atoms with Crippen LogP contribution in [0.4, 0.5) is 0 Å². The number of rotatable bonds is 44. The molecule has 0 rings (SSSR count). The third-order valence-electron chi connectivity index (χ3n) is 10.7.